The molecule has 0 aliphatic carbocycles. The second-order valence-corrected chi connectivity index (χ2v) is 14.7. The maximum absolute atomic E-state index is 14.4. The van der Waals surface area contributed by atoms with E-state index in [1.165, 1.54) is 5.01 Å². The summed E-state index contributed by atoms with van der Waals surface area (Å²) in [6.07, 6.45) is -0.893. The highest BCUT2D eigenvalue weighted by atomic mass is 127. The van der Waals surface area contributed by atoms with Crippen molar-refractivity contribution < 1.29 is 23.9 Å². The van der Waals surface area contributed by atoms with Crippen LogP contribution in [0.15, 0.2) is 84.9 Å². The molecule has 4 aromatic carbocycles. The van der Waals surface area contributed by atoms with Crippen LogP contribution in [0, 0.1) is 3.57 Å². The molecule has 0 aromatic heterocycles. The number of hydrogen-bond acceptors (Lipinski definition) is 7. The lowest BCUT2D eigenvalue weighted by atomic mass is 9.99. The summed E-state index contributed by atoms with van der Waals surface area (Å²) in [5.74, 6) is -0.0558. The Labute approximate surface area is 321 Å². The molecule has 2 fully saturated rings. The third kappa shape index (κ3) is 8.60. The number of urea groups is 1. The lowest BCUT2D eigenvalue weighted by Gasteiger charge is -2.46. The Kier molecular flexibility index (Phi) is 11.8. The van der Waals surface area contributed by atoms with Gasteiger partial charge in [0.25, 0.3) is 0 Å². The van der Waals surface area contributed by atoms with Gasteiger partial charge in [-0.2, -0.15) is 5.01 Å². The number of halogens is 2. The summed E-state index contributed by atoms with van der Waals surface area (Å²) in [5, 5.41) is 11.6. The molecular formula is C38H41ClIN7O5. The third-order valence-electron chi connectivity index (χ3n) is 9.31. The quantitative estimate of drug-likeness (QED) is 0.206. The summed E-state index contributed by atoms with van der Waals surface area (Å²) in [6.45, 7) is 1.89. The van der Waals surface area contributed by atoms with Crippen molar-refractivity contribution in [2.45, 2.75) is 31.7 Å². The van der Waals surface area contributed by atoms with Crippen LogP contribution in [0.2, 0.25) is 5.02 Å². The van der Waals surface area contributed by atoms with Gasteiger partial charge < -0.3 is 30.1 Å². The van der Waals surface area contributed by atoms with E-state index < -0.39 is 18.3 Å². The number of amides is 5. The second kappa shape index (κ2) is 16.5. The molecule has 0 bridgehead atoms. The zero-order chi connectivity index (χ0) is 36.9. The average Bonchev–Trinajstić information content (AvgIpc) is 3.45. The first-order chi connectivity index (χ1) is 25.0. The molecule has 14 heteroatoms. The molecule has 2 heterocycles. The Balaban J connectivity index is 1.22. The number of hydrazine groups is 1. The van der Waals surface area contributed by atoms with Crippen LogP contribution in [-0.2, 0) is 29.1 Å². The standard InChI is InChI=1S/C38H41ClIN7O5/c1-43(2)18-17-41-38(51)52-29-14-11-25(12-15-29)20-33-36(49)45(22-28-9-6-8-27-7-4-5-10-30(27)28)23-34-46(24-35(48)47(33)34)44(3)37(50)42-21-26-13-16-31(39)32(40)19-26/h4-16,19,33-34H,17-18,20-24H2,1-3H3,(H,41,51)(H,42,50)/t33-,34+/m0/s1. The fraction of sp³-hybridized carbons (Fsp3) is 0.316. The van der Waals surface area contributed by atoms with Gasteiger partial charge in [-0.15, -0.1) is 0 Å². The molecule has 0 unspecified atom stereocenters. The molecule has 272 valence electrons. The summed E-state index contributed by atoms with van der Waals surface area (Å²) in [7, 11) is 5.47. The first kappa shape index (κ1) is 37.3. The van der Waals surface area contributed by atoms with Gasteiger partial charge in [-0.1, -0.05) is 72.3 Å². The van der Waals surface area contributed by atoms with Gasteiger partial charge >= 0.3 is 12.1 Å². The van der Waals surface area contributed by atoms with E-state index in [0.717, 1.165) is 31.0 Å². The number of nitrogens with one attached hydrogen (secondary N) is 2. The molecular weight excluding hydrogens is 797 g/mol. The normalized spacial score (nSPS) is 17.4. The van der Waals surface area contributed by atoms with E-state index in [0.29, 0.717) is 30.4 Å². The van der Waals surface area contributed by atoms with E-state index in [1.807, 2.05) is 73.6 Å². The number of fused-ring (bicyclic) bond motifs is 2. The van der Waals surface area contributed by atoms with Gasteiger partial charge in [0, 0.05) is 43.2 Å². The minimum Gasteiger partial charge on any atom is -0.410 e. The smallest absolute Gasteiger partial charge is 0.410 e. The first-order valence-electron chi connectivity index (χ1n) is 17.0. The van der Waals surface area contributed by atoms with Gasteiger partial charge in [0.15, 0.2) is 0 Å². The second-order valence-electron chi connectivity index (χ2n) is 13.2. The maximum Gasteiger partial charge on any atom is 0.412 e. The largest absolute Gasteiger partial charge is 0.412 e. The minimum absolute atomic E-state index is 0.0605. The minimum atomic E-state index is -0.820. The van der Waals surface area contributed by atoms with E-state index in [-0.39, 0.29) is 43.9 Å². The lowest BCUT2D eigenvalue weighted by molar-refractivity contribution is -0.157. The predicted molar refractivity (Wildman–Crippen MR) is 207 cm³/mol. The summed E-state index contributed by atoms with van der Waals surface area (Å²) < 4.78 is 6.31. The number of nitrogens with zero attached hydrogens (tertiary/aromatic N) is 5. The number of piperazine rings is 1. The van der Waals surface area contributed by atoms with Gasteiger partial charge in [0.1, 0.15) is 18.0 Å². The Hall–Kier alpha value is -4.44. The van der Waals surface area contributed by atoms with Crippen LogP contribution in [0.25, 0.3) is 10.8 Å². The van der Waals surface area contributed by atoms with Gasteiger partial charge in [-0.25, -0.2) is 9.59 Å². The van der Waals surface area contributed by atoms with Crippen LogP contribution in [-0.4, -0.2) is 108 Å². The molecule has 2 aliphatic rings. The molecule has 4 aromatic rings. The number of carbonyl (C=O) groups excluding carboxylic acids is 4. The molecule has 2 aliphatic heterocycles. The van der Waals surface area contributed by atoms with Gasteiger partial charge in [0.2, 0.25) is 11.8 Å². The summed E-state index contributed by atoms with van der Waals surface area (Å²) in [6, 6.07) is 25.4. The van der Waals surface area contributed by atoms with Crippen LogP contribution >= 0.6 is 34.2 Å². The highest BCUT2D eigenvalue weighted by molar-refractivity contribution is 14.1. The highest BCUT2D eigenvalue weighted by Gasteiger charge is 2.51. The van der Waals surface area contributed by atoms with Crippen molar-refractivity contribution in [2.24, 2.45) is 0 Å². The zero-order valence-corrected chi connectivity index (χ0v) is 32.1. The fourth-order valence-corrected chi connectivity index (χ4v) is 7.28. The van der Waals surface area contributed by atoms with Crippen molar-refractivity contribution in [1.29, 1.82) is 0 Å². The molecule has 2 atom stereocenters. The number of ether oxygens (including phenoxy) is 1. The van der Waals surface area contributed by atoms with Crippen molar-refractivity contribution >= 4 is 68.9 Å². The van der Waals surface area contributed by atoms with Crippen molar-refractivity contribution in [3.8, 4) is 5.75 Å². The van der Waals surface area contributed by atoms with Crippen molar-refractivity contribution in [2.75, 3.05) is 47.3 Å². The van der Waals surface area contributed by atoms with E-state index in [4.69, 9.17) is 16.3 Å². The Bertz CT molecular complexity index is 1960. The summed E-state index contributed by atoms with van der Waals surface area (Å²) in [4.78, 5) is 59.2. The number of rotatable bonds is 11. The van der Waals surface area contributed by atoms with Crippen molar-refractivity contribution in [3.63, 3.8) is 0 Å². The molecule has 52 heavy (non-hydrogen) atoms. The van der Waals surface area contributed by atoms with Crippen molar-refractivity contribution in [3.05, 3.63) is 110 Å². The summed E-state index contributed by atoms with van der Waals surface area (Å²) >= 11 is 8.32. The molecule has 0 saturated carbocycles. The molecule has 5 amide bonds. The molecule has 12 nitrogen and oxygen atoms in total. The molecule has 2 saturated heterocycles. The molecule has 6 rings (SSSR count). The van der Waals surface area contributed by atoms with Crippen LogP contribution in [0.4, 0.5) is 9.59 Å². The molecule has 0 spiro atoms. The van der Waals surface area contributed by atoms with Crippen LogP contribution < -0.4 is 15.4 Å². The Morgan fingerprint density at radius 1 is 0.942 bits per heavy atom. The third-order valence-corrected chi connectivity index (χ3v) is 10.8. The SMILES string of the molecule is CN(C)CCNC(=O)Oc1ccc(C[C@H]2C(=O)N(Cc3cccc4ccccc34)C[C@H]3N2C(=O)CN3N(C)C(=O)NCc2ccc(Cl)c(I)c2)cc1. The summed E-state index contributed by atoms with van der Waals surface area (Å²) in [5.41, 5.74) is 2.67. The van der Waals surface area contributed by atoms with Gasteiger partial charge in [-0.3, -0.25) is 14.6 Å². The number of likely N-dealkylation sites (N-methyl/N-ethyl adjacent to an activating group) is 1. The monoisotopic (exact) mass is 837 g/mol. The number of benzene rings is 4. The highest BCUT2D eigenvalue weighted by Crippen LogP contribution is 2.31. The van der Waals surface area contributed by atoms with Crippen LogP contribution in [0.5, 0.6) is 5.75 Å². The fourth-order valence-electron chi connectivity index (χ4n) is 6.59. The predicted octanol–water partition coefficient (Wildman–Crippen LogP) is 4.93. The zero-order valence-electron chi connectivity index (χ0n) is 29.2. The first-order valence-corrected chi connectivity index (χ1v) is 18.4. The lowest BCUT2D eigenvalue weighted by Crippen LogP contribution is -2.65. The van der Waals surface area contributed by atoms with Crippen LogP contribution in [0.3, 0.4) is 0 Å². The van der Waals surface area contributed by atoms with Gasteiger partial charge in [0.05, 0.1) is 18.1 Å². The van der Waals surface area contributed by atoms with Gasteiger partial charge in [-0.05, 0) is 88.4 Å². The topological polar surface area (TPSA) is 118 Å². The number of carbonyl (C=O) groups is 4. The Morgan fingerprint density at radius 2 is 1.67 bits per heavy atom. The maximum atomic E-state index is 14.4. The molecule has 0 radical (unpaired) electrons. The van der Waals surface area contributed by atoms with E-state index >= 15 is 0 Å². The van der Waals surface area contributed by atoms with Crippen molar-refractivity contribution in [1.82, 2.24) is 35.4 Å². The van der Waals surface area contributed by atoms with Crippen LogP contribution in [0.1, 0.15) is 16.7 Å². The van der Waals surface area contributed by atoms with E-state index in [9.17, 15) is 19.2 Å². The molecule has 2 N–H and O–H groups in total. The van der Waals surface area contributed by atoms with E-state index in [1.54, 1.807) is 52.2 Å². The Morgan fingerprint density at radius 3 is 2.42 bits per heavy atom. The van der Waals surface area contributed by atoms with E-state index in [2.05, 4.69) is 33.2 Å². The number of hydrogen-bond donors (Lipinski definition) is 2. The average molecular weight is 838 g/mol.